The summed E-state index contributed by atoms with van der Waals surface area (Å²) >= 11 is 0. The van der Waals surface area contributed by atoms with E-state index in [9.17, 15) is 0 Å². The molecule has 0 N–H and O–H groups in total. The lowest BCUT2D eigenvalue weighted by molar-refractivity contribution is 0.733. The van der Waals surface area contributed by atoms with Crippen LogP contribution in [0.4, 0.5) is 0 Å². The van der Waals surface area contributed by atoms with Crippen molar-refractivity contribution in [3.8, 4) is 0 Å². The lowest BCUT2D eigenvalue weighted by Gasteiger charge is -2.07. The molecule has 0 aliphatic heterocycles. The molecular formula is C15H24. The van der Waals surface area contributed by atoms with E-state index in [1.54, 1.807) is 0 Å². The Labute approximate surface area is 95.0 Å². The van der Waals surface area contributed by atoms with Gasteiger partial charge in [-0.25, -0.2) is 0 Å². The summed E-state index contributed by atoms with van der Waals surface area (Å²) in [7, 11) is 0. The molecule has 0 saturated heterocycles. The number of benzene rings is 1. The van der Waals surface area contributed by atoms with Gasteiger partial charge in [0.1, 0.15) is 0 Å². The zero-order valence-electron chi connectivity index (χ0n) is 10.7. The molecule has 1 atom stereocenters. The fraction of sp³-hybridized carbons (Fsp3) is 0.467. The molecule has 0 aliphatic rings. The molecule has 0 amide bonds. The lowest BCUT2D eigenvalue weighted by Crippen LogP contribution is -1.89. The van der Waals surface area contributed by atoms with Crippen LogP contribution in [-0.4, -0.2) is 0 Å². The minimum Gasteiger partial charge on any atom is -0.0919 e. The van der Waals surface area contributed by atoms with Gasteiger partial charge in [0.15, 0.2) is 0 Å². The van der Waals surface area contributed by atoms with E-state index in [4.69, 9.17) is 0 Å². The van der Waals surface area contributed by atoms with Crippen molar-refractivity contribution in [3.63, 3.8) is 0 Å². The molecule has 0 aromatic heterocycles. The Kier molecular flexibility index (Phi) is 7.71. The quantitative estimate of drug-likeness (QED) is 0.588. The lowest BCUT2D eigenvalue weighted by atomic mass is 9.98. The van der Waals surface area contributed by atoms with Crippen molar-refractivity contribution >= 4 is 0 Å². The number of hydrogen-bond donors (Lipinski definition) is 0. The van der Waals surface area contributed by atoms with Gasteiger partial charge in [-0.3, -0.25) is 0 Å². The Balaban J connectivity index is 0.000000423. The predicted molar refractivity (Wildman–Crippen MR) is 70.4 cm³/mol. The molecule has 0 nitrogen and oxygen atoms in total. The zero-order valence-corrected chi connectivity index (χ0v) is 10.7. The third-order valence-corrected chi connectivity index (χ3v) is 2.59. The zero-order chi connectivity index (χ0) is 11.7. The molecule has 0 saturated carbocycles. The van der Waals surface area contributed by atoms with E-state index in [2.05, 4.69) is 45.0 Å². The number of allylic oxidation sites excluding steroid dienone is 2. The highest BCUT2D eigenvalue weighted by Gasteiger charge is 2.00. The Morgan fingerprint density at radius 3 is 1.87 bits per heavy atom. The molecule has 1 unspecified atom stereocenters. The van der Waals surface area contributed by atoms with Crippen LogP contribution in [0, 0.1) is 6.92 Å². The first-order valence-corrected chi connectivity index (χ1v) is 5.79. The van der Waals surface area contributed by atoms with Crippen LogP contribution in [0.1, 0.15) is 51.2 Å². The largest absolute Gasteiger partial charge is 0.0919 e. The molecule has 0 heterocycles. The van der Waals surface area contributed by atoms with Gasteiger partial charge >= 0.3 is 0 Å². The van der Waals surface area contributed by atoms with E-state index < -0.39 is 0 Å². The minimum absolute atomic E-state index is 0.704. The maximum absolute atomic E-state index is 2.27. The van der Waals surface area contributed by atoms with Gasteiger partial charge in [0.25, 0.3) is 0 Å². The fourth-order valence-corrected chi connectivity index (χ4v) is 1.13. The third kappa shape index (κ3) is 6.11. The van der Waals surface area contributed by atoms with Gasteiger partial charge in [0, 0.05) is 0 Å². The molecule has 84 valence electrons. The van der Waals surface area contributed by atoms with Crippen molar-refractivity contribution in [2.24, 2.45) is 0 Å². The molecule has 0 aliphatic carbocycles. The van der Waals surface area contributed by atoms with Crippen LogP contribution < -0.4 is 0 Å². The normalized spacial score (nSPS) is 12.1. The second-order valence-corrected chi connectivity index (χ2v) is 3.89. The third-order valence-electron chi connectivity index (χ3n) is 2.59. The van der Waals surface area contributed by atoms with Gasteiger partial charge in [-0.05, 0) is 38.7 Å². The van der Waals surface area contributed by atoms with Crippen molar-refractivity contribution < 1.29 is 0 Å². The van der Waals surface area contributed by atoms with Crippen LogP contribution in [0.5, 0.6) is 0 Å². The summed E-state index contributed by atoms with van der Waals surface area (Å²) in [6.07, 6.45) is 5.23. The van der Waals surface area contributed by atoms with Gasteiger partial charge in [-0.2, -0.15) is 0 Å². The van der Waals surface area contributed by atoms with Gasteiger partial charge in [0.05, 0.1) is 0 Å². The number of hydrogen-bond acceptors (Lipinski definition) is 0. The summed E-state index contributed by atoms with van der Waals surface area (Å²) in [4.78, 5) is 0. The van der Waals surface area contributed by atoms with Crippen LogP contribution in [-0.2, 0) is 0 Å². The standard InChI is InChI=1S/C11H16.C4H8/c1-4-10(3)11-7-5-9(2)6-8-11;1-3-4-2/h5-8,10H,4H2,1-3H3;3-4H,1-2H3/b;4-3-. The van der Waals surface area contributed by atoms with Crippen molar-refractivity contribution in [2.75, 3.05) is 0 Å². The molecule has 15 heavy (non-hydrogen) atoms. The highest BCUT2D eigenvalue weighted by atomic mass is 14.0. The summed E-state index contributed by atoms with van der Waals surface area (Å²) < 4.78 is 0. The smallest absolute Gasteiger partial charge is 0.0193 e. The van der Waals surface area contributed by atoms with E-state index >= 15 is 0 Å². The molecule has 0 spiro atoms. The molecular weight excluding hydrogens is 180 g/mol. The van der Waals surface area contributed by atoms with Crippen LogP contribution in [0.15, 0.2) is 36.4 Å². The summed E-state index contributed by atoms with van der Waals surface area (Å²) in [6, 6.07) is 8.82. The SMILES string of the molecule is C/C=C\C.CCC(C)c1ccc(C)cc1. The molecule has 1 aromatic rings. The predicted octanol–water partition coefficient (Wildman–Crippen LogP) is 5.09. The first-order valence-electron chi connectivity index (χ1n) is 5.79. The maximum atomic E-state index is 2.27. The summed E-state index contributed by atoms with van der Waals surface area (Å²) in [5.74, 6) is 0.704. The minimum atomic E-state index is 0.704. The second-order valence-electron chi connectivity index (χ2n) is 3.89. The highest BCUT2D eigenvalue weighted by molar-refractivity contribution is 5.23. The Hall–Kier alpha value is -1.04. The van der Waals surface area contributed by atoms with E-state index in [0.717, 1.165) is 0 Å². The van der Waals surface area contributed by atoms with Crippen LogP contribution >= 0.6 is 0 Å². The number of aryl methyl sites for hydroxylation is 1. The summed E-state index contributed by atoms with van der Waals surface area (Å²) in [6.45, 7) is 10.6. The van der Waals surface area contributed by atoms with Crippen molar-refractivity contribution in [1.29, 1.82) is 0 Å². The maximum Gasteiger partial charge on any atom is -0.0193 e. The van der Waals surface area contributed by atoms with Crippen LogP contribution in [0.3, 0.4) is 0 Å². The van der Waals surface area contributed by atoms with Gasteiger partial charge in [0.2, 0.25) is 0 Å². The van der Waals surface area contributed by atoms with E-state index in [1.165, 1.54) is 17.5 Å². The Morgan fingerprint density at radius 1 is 1.07 bits per heavy atom. The average molecular weight is 204 g/mol. The fourth-order valence-electron chi connectivity index (χ4n) is 1.13. The van der Waals surface area contributed by atoms with E-state index in [1.807, 2.05) is 26.0 Å². The van der Waals surface area contributed by atoms with Gasteiger partial charge in [-0.15, -0.1) is 0 Å². The van der Waals surface area contributed by atoms with Gasteiger partial charge < -0.3 is 0 Å². The highest BCUT2D eigenvalue weighted by Crippen LogP contribution is 2.18. The monoisotopic (exact) mass is 204 g/mol. The molecule has 0 fully saturated rings. The molecule has 1 aromatic carbocycles. The molecule has 0 radical (unpaired) electrons. The molecule has 1 rings (SSSR count). The topological polar surface area (TPSA) is 0 Å². The first-order chi connectivity index (χ1) is 7.15. The van der Waals surface area contributed by atoms with Gasteiger partial charge in [-0.1, -0.05) is 55.8 Å². The average Bonchev–Trinajstić information content (AvgIpc) is 2.29. The van der Waals surface area contributed by atoms with Crippen LogP contribution in [0.25, 0.3) is 0 Å². The molecule has 0 heteroatoms. The summed E-state index contributed by atoms with van der Waals surface area (Å²) in [5.41, 5.74) is 2.80. The van der Waals surface area contributed by atoms with Crippen LogP contribution in [0.2, 0.25) is 0 Å². The molecule has 0 bridgehead atoms. The number of rotatable bonds is 2. The van der Waals surface area contributed by atoms with E-state index in [-0.39, 0.29) is 0 Å². The van der Waals surface area contributed by atoms with Crippen molar-refractivity contribution in [2.45, 2.75) is 47.0 Å². The van der Waals surface area contributed by atoms with Crippen molar-refractivity contribution in [1.82, 2.24) is 0 Å². The Bertz CT molecular complexity index is 263. The summed E-state index contributed by atoms with van der Waals surface area (Å²) in [5, 5.41) is 0. The Morgan fingerprint density at radius 2 is 1.53 bits per heavy atom. The van der Waals surface area contributed by atoms with Crippen molar-refractivity contribution in [3.05, 3.63) is 47.5 Å². The van der Waals surface area contributed by atoms with E-state index in [0.29, 0.717) is 5.92 Å². The second kappa shape index (κ2) is 8.28. The first kappa shape index (κ1) is 14.0.